The SMILES string of the molecule is C[C@@H]1CCN(Cc2cc(F)c(S(=O)(=O)Nc3ncns3)cc2F)[C@@H](c2ccccc2)C1. The number of hydrogen-bond acceptors (Lipinski definition) is 6. The van der Waals surface area contributed by atoms with E-state index in [4.69, 9.17) is 0 Å². The van der Waals surface area contributed by atoms with Crippen molar-refractivity contribution in [2.24, 2.45) is 5.92 Å². The lowest BCUT2D eigenvalue weighted by Crippen LogP contribution is -2.36. The van der Waals surface area contributed by atoms with Crippen molar-refractivity contribution in [2.45, 2.75) is 37.2 Å². The van der Waals surface area contributed by atoms with Crippen molar-refractivity contribution in [3.05, 3.63) is 71.6 Å². The zero-order chi connectivity index (χ0) is 22.0. The maximum atomic E-state index is 14.9. The molecule has 1 aliphatic rings. The van der Waals surface area contributed by atoms with Gasteiger partial charge in [0.1, 0.15) is 22.9 Å². The fourth-order valence-corrected chi connectivity index (χ4v) is 5.64. The molecule has 0 amide bonds. The van der Waals surface area contributed by atoms with Gasteiger partial charge < -0.3 is 0 Å². The van der Waals surface area contributed by atoms with Gasteiger partial charge >= 0.3 is 0 Å². The maximum absolute atomic E-state index is 14.9. The summed E-state index contributed by atoms with van der Waals surface area (Å²) in [4.78, 5) is 5.08. The Morgan fingerprint density at radius 2 is 1.97 bits per heavy atom. The Morgan fingerprint density at radius 1 is 1.19 bits per heavy atom. The molecule has 1 aromatic heterocycles. The van der Waals surface area contributed by atoms with Crippen molar-refractivity contribution in [3.8, 4) is 0 Å². The van der Waals surface area contributed by atoms with Crippen LogP contribution >= 0.6 is 11.5 Å². The Bertz CT molecular complexity index is 1140. The van der Waals surface area contributed by atoms with Gasteiger partial charge in [-0.2, -0.15) is 4.37 Å². The minimum Gasteiger partial charge on any atom is -0.292 e. The van der Waals surface area contributed by atoms with Crippen LogP contribution in [0.25, 0.3) is 0 Å². The summed E-state index contributed by atoms with van der Waals surface area (Å²) in [7, 11) is -4.32. The van der Waals surface area contributed by atoms with E-state index < -0.39 is 26.6 Å². The van der Waals surface area contributed by atoms with Crippen LogP contribution < -0.4 is 4.72 Å². The van der Waals surface area contributed by atoms with Crippen LogP contribution in [-0.4, -0.2) is 29.2 Å². The third kappa shape index (κ3) is 4.91. The van der Waals surface area contributed by atoms with E-state index in [2.05, 4.69) is 25.9 Å². The first-order valence-electron chi connectivity index (χ1n) is 9.90. The quantitative estimate of drug-likeness (QED) is 0.578. The predicted molar refractivity (Wildman–Crippen MR) is 115 cm³/mol. The number of nitrogens with zero attached hydrogens (tertiary/aromatic N) is 3. The van der Waals surface area contributed by atoms with E-state index >= 15 is 0 Å². The Labute approximate surface area is 184 Å². The first kappa shape index (κ1) is 21.8. The second-order valence-electron chi connectivity index (χ2n) is 7.75. The van der Waals surface area contributed by atoms with Crippen LogP contribution in [0.3, 0.4) is 0 Å². The highest BCUT2D eigenvalue weighted by Gasteiger charge is 2.29. The van der Waals surface area contributed by atoms with Crippen molar-refractivity contribution in [3.63, 3.8) is 0 Å². The van der Waals surface area contributed by atoms with E-state index in [9.17, 15) is 17.2 Å². The summed E-state index contributed by atoms with van der Waals surface area (Å²) in [5, 5.41) is -0.0166. The number of hydrogen-bond donors (Lipinski definition) is 1. The number of benzene rings is 2. The molecule has 0 spiro atoms. The van der Waals surface area contributed by atoms with Crippen molar-refractivity contribution in [1.82, 2.24) is 14.3 Å². The first-order valence-corrected chi connectivity index (χ1v) is 12.2. The number of rotatable bonds is 6. The molecule has 1 aliphatic heterocycles. The molecule has 1 saturated heterocycles. The van der Waals surface area contributed by atoms with Crippen molar-refractivity contribution < 1.29 is 17.2 Å². The van der Waals surface area contributed by atoms with Crippen molar-refractivity contribution in [2.75, 3.05) is 11.3 Å². The van der Waals surface area contributed by atoms with Crippen molar-refractivity contribution >= 4 is 26.7 Å². The van der Waals surface area contributed by atoms with Crippen LogP contribution in [0.4, 0.5) is 13.9 Å². The normalized spacial score (nSPS) is 20.0. The van der Waals surface area contributed by atoms with Crippen LogP contribution in [0.2, 0.25) is 0 Å². The predicted octanol–water partition coefficient (Wildman–Crippen LogP) is 4.59. The molecule has 0 radical (unpaired) electrons. The third-order valence-electron chi connectivity index (χ3n) is 5.51. The van der Waals surface area contributed by atoms with Gasteiger partial charge in [-0.25, -0.2) is 22.2 Å². The van der Waals surface area contributed by atoms with Gasteiger partial charge in [0.2, 0.25) is 5.13 Å². The molecule has 4 rings (SSSR count). The molecule has 0 saturated carbocycles. The molecule has 0 unspecified atom stereocenters. The van der Waals surface area contributed by atoms with Gasteiger partial charge in [-0.3, -0.25) is 9.62 Å². The summed E-state index contributed by atoms with van der Waals surface area (Å²) < 4.78 is 60.4. The molecule has 10 heteroatoms. The van der Waals surface area contributed by atoms with Crippen molar-refractivity contribution in [1.29, 1.82) is 0 Å². The summed E-state index contributed by atoms with van der Waals surface area (Å²) in [6.07, 6.45) is 3.06. The molecular formula is C21H22F2N4O2S2. The summed E-state index contributed by atoms with van der Waals surface area (Å²) in [5.74, 6) is -1.23. The molecule has 1 N–H and O–H groups in total. The highest BCUT2D eigenvalue weighted by atomic mass is 32.2. The molecule has 2 heterocycles. The molecule has 2 atom stereocenters. The zero-order valence-corrected chi connectivity index (χ0v) is 18.5. The fraction of sp³-hybridized carbons (Fsp3) is 0.333. The Morgan fingerprint density at radius 3 is 2.68 bits per heavy atom. The standard InChI is InChI=1S/C21H22F2N4O2S2/c1-14-7-8-27(19(9-14)15-5-3-2-4-6-15)12-16-10-18(23)20(11-17(16)22)31(28,29)26-21-24-13-25-30-21/h2-6,10-11,13-14,19H,7-9,12H2,1H3,(H,24,25,26)/t14-,19-/m1/s1. The van der Waals surface area contributed by atoms with E-state index in [-0.39, 0.29) is 23.3 Å². The molecule has 0 aliphatic carbocycles. The van der Waals surface area contributed by atoms with Gasteiger partial charge in [0.15, 0.2) is 0 Å². The van der Waals surface area contributed by atoms with Gasteiger partial charge in [0, 0.05) is 29.7 Å². The molecule has 0 bridgehead atoms. The number of piperidine rings is 1. The van der Waals surface area contributed by atoms with Gasteiger partial charge in [0.05, 0.1) is 0 Å². The number of likely N-dealkylation sites (tertiary alicyclic amines) is 1. The Hall–Kier alpha value is -2.43. The molecular weight excluding hydrogens is 442 g/mol. The van der Waals surface area contributed by atoms with Crippen LogP contribution in [0, 0.1) is 17.6 Å². The lowest BCUT2D eigenvalue weighted by molar-refractivity contribution is 0.109. The molecule has 2 aromatic carbocycles. The van der Waals surface area contributed by atoms with E-state index in [0.717, 1.165) is 48.6 Å². The lowest BCUT2D eigenvalue weighted by atomic mass is 9.88. The summed E-state index contributed by atoms with van der Waals surface area (Å²) >= 11 is 0.805. The van der Waals surface area contributed by atoms with Crippen LogP contribution in [-0.2, 0) is 16.6 Å². The second-order valence-corrected chi connectivity index (χ2v) is 10.2. The second kappa shape index (κ2) is 8.97. The summed E-state index contributed by atoms with van der Waals surface area (Å²) in [6.45, 7) is 3.14. The zero-order valence-electron chi connectivity index (χ0n) is 16.8. The molecule has 31 heavy (non-hydrogen) atoms. The Kier molecular flexibility index (Phi) is 6.31. The van der Waals surface area contributed by atoms with Gasteiger partial charge in [0.25, 0.3) is 10.0 Å². The van der Waals surface area contributed by atoms with E-state index in [0.29, 0.717) is 5.92 Å². The minimum absolute atomic E-state index is 0.0166. The molecule has 6 nitrogen and oxygen atoms in total. The lowest BCUT2D eigenvalue weighted by Gasteiger charge is -2.39. The minimum atomic E-state index is -4.32. The van der Waals surface area contributed by atoms with Gasteiger partial charge in [-0.05, 0) is 43.0 Å². The van der Waals surface area contributed by atoms with E-state index in [1.54, 1.807) is 0 Å². The number of halogens is 2. The molecule has 1 fully saturated rings. The molecule has 164 valence electrons. The monoisotopic (exact) mass is 464 g/mol. The van der Waals surface area contributed by atoms with Crippen LogP contribution in [0.5, 0.6) is 0 Å². The average molecular weight is 465 g/mol. The first-order chi connectivity index (χ1) is 14.8. The average Bonchev–Trinajstić information content (AvgIpc) is 3.24. The number of aromatic nitrogens is 2. The van der Waals surface area contributed by atoms with Crippen LogP contribution in [0.1, 0.15) is 36.9 Å². The Balaban J connectivity index is 1.59. The largest absolute Gasteiger partial charge is 0.292 e. The fourth-order valence-electron chi connectivity index (χ4n) is 3.91. The summed E-state index contributed by atoms with van der Waals surface area (Å²) in [6, 6.07) is 11.8. The van der Waals surface area contributed by atoms with Crippen LogP contribution in [0.15, 0.2) is 53.7 Å². The third-order valence-corrected chi connectivity index (χ3v) is 7.57. The number of sulfonamides is 1. The number of anilines is 1. The highest BCUT2D eigenvalue weighted by Crippen LogP contribution is 2.35. The maximum Gasteiger partial charge on any atom is 0.266 e. The van der Waals surface area contributed by atoms with E-state index in [1.165, 1.54) is 6.33 Å². The summed E-state index contributed by atoms with van der Waals surface area (Å²) in [5.41, 5.74) is 1.26. The topological polar surface area (TPSA) is 75.2 Å². The van der Waals surface area contributed by atoms with E-state index in [1.807, 2.05) is 30.3 Å². The van der Waals surface area contributed by atoms with Gasteiger partial charge in [-0.1, -0.05) is 37.3 Å². The molecule has 3 aromatic rings. The smallest absolute Gasteiger partial charge is 0.266 e. The number of nitrogens with one attached hydrogen (secondary N) is 1. The highest BCUT2D eigenvalue weighted by molar-refractivity contribution is 7.93. The van der Waals surface area contributed by atoms with Gasteiger partial charge in [-0.15, -0.1) is 0 Å².